The standard InChI is InChI=1S/C17H17NO/c1-12-4-6-14(7-5-12)17(19)15-9-8-13-3-2-10-18-16(13)11-15/h2-3,6,8-12H,4-5,7H2,1H3. The number of hydrogen-bond acceptors (Lipinski definition) is 2. The molecule has 0 fully saturated rings. The van der Waals surface area contributed by atoms with Crippen molar-refractivity contribution in [2.45, 2.75) is 26.2 Å². The van der Waals surface area contributed by atoms with Gasteiger partial charge in [0.15, 0.2) is 5.78 Å². The summed E-state index contributed by atoms with van der Waals surface area (Å²) in [5, 5.41) is 1.07. The number of aromatic nitrogens is 1. The largest absolute Gasteiger partial charge is 0.289 e. The minimum absolute atomic E-state index is 0.166. The van der Waals surface area contributed by atoms with Crippen LogP contribution in [0.3, 0.4) is 0 Å². The summed E-state index contributed by atoms with van der Waals surface area (Å²) in [6.07, 6.45) is 6.91. The van der Waals surface area contributed by atoms with Crippen LogP contribution in [0.25, 0.3) is 10.9 Å². The van der Waals surface area contributed by atoms with E-state index in [1.807, 2.05) is 30.3 Å². The van der Waals surface area contributed by atoms with Gasteiger partial charge < -0.3 is 0 Å². The van der Waals surface area contributed by atoms with Crippen LogP contribution in [0.5, 0.6) is 0 Å². The number of fused-ring (bicyclic) bond motifs is 1. The average Bonchev–Trinajstić information content (AvgIpc) is 2.47. The molecule has 1 aliphatic carbocycles. The Morgan fingerprint density at radius 3 is 3.00 bits per heavy atom. The van der Waals surface area contributed by atoms with Crippen LogP contribution in [0.1, 0.15) is 36.5 Å². The molecule has 0 saturated heterocycles. The van der Waals surface area contributed by atoms with Gasteiger partial charge in [0.05, 0.1) is 5.52 Å². The fraction of sp³-hybridized carbons (Fsp3) is 0.294. The molecule has 0 radical (unpaired) electrons. The summed E-state index contributed by atoms with van der Waals surface area (Å²) in [7, 11) is 0. The Morgan fingerprint density at radius 2 is 2.21 bits per heavy atom. The maximum Gasteiger partial charge on any atom is 0.188 e. The number of ketones is 1. The number of nitrogens with zero attached hydrogens (tertiary/aromatic N) is 1. The van der Waals surface area contributed by atoms with E-state index < -0.39 is 0 Å². The molecular formula is C17H17NO. The molecule has 96 valence electrons. The molecule has 0 saturated carbocycles. The number of allylic oxidation sites excluding steroid dienone is 2. The van der Waals surface area contributed by atoms with Crippen LogP contribution < -0.4 is 0 Å². The molecule has 2 aromatic rings. The van der Waals surface area contributed by atoms with Crippen LogP contribution in [-0.2, 0) is 0 Å². The van der Waals surface area contributed by atoms with Crippen molar-refractivity contribution in [3.63, 3.8) is 0 Å². The number of Topliss-reactive ketones (excluding diaryl/α,β-unsaturated/α-hetero) is 1. The predicted octanol–water partition coefficient (Wildman–Crippen LogP) is 4.16. The van der Waals surface area contributed by atoms with Crippen LogP contribution in [0.15, 0.2) is 48.2 Å². The molecular weight excluding hydrogens is 234 g/mol. The molecule has 2 nitrogen and oxygen atoms in total. The first kappa shape index (κ1) is 12.1. The number of carbonyl (C=O) groups is 1. The maximum atomic E-state index is 12.5. The molecule has 0 bridgehead atoms. The lowest BCUT2D eigenvalue weighted by molar-refractivity contribution is 0.102. The van der Waals surface area contributed by atoms with E-state index in [4.69, 9.17) is 0 Å². The first-order valence-corrected chi connectivity index (χ1v) is 6.82. The van der Waals surface area contributed by atoms with Crippen LogP contribution in [0, 0.1) is 5.92 Å². The molecule has 0 N–H and O–H groups in total. The molecule has 3 rings (SSSR count). The minimum Gasteiger partial charge on any atom is -0.289 e. The van der Waals surface area contributed by atoms with E-state index in [9.17, 15) is 4.79 Å². The molecule has 1 aromatic carbocycles. The Labute approximate surface area is 113 Å². The number of hydrogen-bond donors (Lipinski definition) is 0. The van der Waals surface area contributed by atoms with Crippen molar-refractivity contribution in [2.75, 3.05) is 0 Å². The van der Waals surface area contributed by atoms with Crippen molar-refractivity contribution < 1.29 is 4.79 Å². The van der Waals surface area contributed by atoms with Gasteiger partial charge in [-0.1, -0.05) is 31.2 Å². The normalized spacial score (nSPS) is 19.2. The van der Waals surface area contributed by atoms with Gasteiger partial charge in [-0.3, -0.25) is 9.78 Å². The zero-order valence-corrected chi connectivity index (χ0v) is 11.1. The zero-order valence-electron chi connectivity index (χ0n) is 11.1. The molecule has 1 aliphatic rings. The summed E-state index contributed by atoms with van der Waals surface area (Å²) in [6.45, 7) is 2.23. The quantitative estimate of drug-likeness (QED) is 0.750. The van der Waals surface area contributed by atoms with Gasteiger partial charge in [-0.15, -0.1) is 0 Å². The number of rotatable bonds is 2. The van der Waals surface area contributed by atoms with Gasteiger partial charge in [0.25, 0.3) is 0 Å². The Hall–Kier alpha value is -1.96. The molecule has 19 heavy (non-hydrogen) atoms. The van der Waals surface area contributed by atoms with Gasteiger partial charge in [-0.2, -0.15) is 0 Å². The first-order valence-electron chi connectivity index (χ1n) is 6.82. The lowest BCUT2D eigenvalue weighted by Crippen LogP contribution is -2.10. The van der Waals surface area contributed by atoms with Crippen LogP contribution >= 0.6 is 0 Å². The summed E-state index contributed by atoms with van der Waals surface area (Å²) in [5.41, 5.74) is 2.61. The molecule has 0 aliphatic heterocycles. The monoisotopic (exact) mass is 251 g/mol. The smallest absolute Gasteiger partial charge is 0.188 e. The molecule has 0 amide bonds. The Kier molecular flexibility index (Phi) is 3.16. The van der Waals surface area contributed by atoms with Crippen LogP contribution in [0.4, 0.5) is 0 Å². The van der Waals surface area contributed by atoms with E-state index in [-0.39, 0.29) is 5.78 Å². The molecule has 0 spiro atoms. The number of benzene rings is 1. The highest BCUT2D eigenvalue weighted by atomic mass is 16.1. The highest BCUT2D eigenvalue weighted by molar-refractivity contribution is 6.10. The maximum absolute atomic E-state index is 12.5. The van der Waals surface area contributed by atoms with Crippen molar-refractivity contribution in [1.29, 1.82) is 0 Å². The van der Waals surface area contributed by atoms with Crippen molar-refractivity contribution >= 4 is 16.7 Å². The van der Waals surface area contributed by atoms with Crippen molar-refractivity contribution in [2.24, 2.45) is 5.92 Å². The second-order valence-electron chi connectivity index (χ2n) is 5.35. The van der Waals surface area contributed by atoms with Gasteiger partial charge in [0, 0.05) is 17.1 Å². The second kappa shape index (κ2) is 4.96. The number of pyridine rings is 1. The third kappa shape index (κ3) is 2.43. The second-order valence-corrected chi connectivity index (χ2v) is 5.35. The summed E-state index contributed by atoms with van der Waals surface area (Å²) < 4.78 is 0. The van der Waals surface area contributed by atoms with E-state index in [0.717, 1.165) is 41.3 Å². The SMILES string of the molecule is CC1CC=C(C(=O)c2ccc3cccnc3c2)CC1. The Balaban J connectivity index is 1.93. The summed E-state index contributed by atoms with van der Waals surface area (Å²) in [6, 6.07) is 9.70. The molecule has 1 atom stereocenters. The fourth-order valence-electron chi connectivity index (χ4n) is 2.56. The summed E-state index contributed by atoms with van der Waals surface area (Å²) in [5.74, 6) is 0.870. The van der Waals surface area contributed by atoms with E-state index in [2.05, 4.69) is 18.0 Å². The van der Waals surface area contributed by atoms with Gasteiger partial charge in [-0.25, -0.2) is 0 Å². The van der Waals surface area contributed by atoms with Gasteiger partial charge in [0.2, 0.25) is 0 Å². The van der Waals surface area contributed by atoms with Crippen molar-refractivity contribution in [3.8, 4) is 0 Å². The van der Waals surface area contributed by atoms with Crippen molar-refractivity contribution in [1.82, 2.24) is 4.98 Å². The van der Waals surface area contributed by atoms with Crippen molar-refractivity contribution in [3.05, 3.63) is 53.7 Å². The molecule has 2 heteroatoms. The third-order valence-corrected chi connectivity index (χ3v) is 3.83. The fourth-order valence-corrected chi connectivity index (χ4v) is 2.56. The lowest BCUT2D eigenvalue weighted by Gasteiger charge is -2.17. The Bertz CT molecular complexity index is 657. The number of carbonyl (C=O) groups excluding carboxylic acids is 1. The van der Waals surface area contributed by atoms with E-state index in [0.29, 0.717) is 5.92 Å². The Morgan fingerprint density at radius 1 is 1.32 bits per heavy atom. The van der Waals surface area contributed by atoms with E-state index >= 15 is 0 Å². The van der Waals surface area contributed by atoms with E-state index in [1.54, 1.807) is 6.20 Å². The zero-order chi connectivity index (χ0) is 13.2. The highest BCUT2D eigenvalue weighted by Gasteiger charge is 2.17. The third-order valence-electron chi connectivity index (χ3n) is 3.83. The van der Waals surface area contributed by atoms with Crippen LogP contribution in [0.2, 0.25) is 0 Å². The average molecular weight is 251 g/mol. The summed E-state index contributed by atoms with van der Waals surface area (Å²) in [4.78, 5) is 16.8. The van der Waals surface area contributed by atoms with Gasteiger partial charge >= 0.3 is 0 Å². The van der Waals surface area contributed by atoms with Crippen LogP contribution in [-0.4, -0.2) is 10.8 Å². The summed E-state index contributed by atoms with van der Waals surface area (Å²) >= 11 is 0. The van der Waals surface area contributed by atoms with Gasteiger partial charge in [-0.05, 0) is 42.9 Å². The topological polar surface area (TPSA) is 30.0 Å². The first-order chi connectivity index (χ1) is 9.24. The molecule has 1 heterocycles. The highest BCUT2D eigenvalue weighted by Crippen LogP contribution is 2.26. The molecule has 1 aromatic heterocycles. The lowest BCUT2D eigenvalue weighted by atomic mass is 9.87. The predicted molar refractivity (Wildman–Crippen MR) is 77.2 cm³/mol. The minimum atomic E-state index is 0.166. The molecule has 1 unspecified atom stereocenters. The van der Waals surface area contributed by atoms with E-state index in [1.165, 1.54) is 0 Å². The van der Waals surface area contributed by atoms with Gasteiger partial charge in [0.1, 0.15) is 0 Å².